The van der Waals surface area contributed by atoms with Crippen LogP contribution in [0, 0.1) is 16.7 Å². The van der Waals surface area contributed by atoms with Crippen molar-refractivity contribution in [2.75, 3.05) is 6.54 Å². The van der Waals surface area contributed by atoms with E-state index < -0.39 is 0 Å². The molecule has 2 aliphatic rings. The highest BCUT2D eigenvalue weighted by Gasteiger charge is 2.38. The summed E-state index contributed by atoms with van der Waals surface area (Å²) >= 11 is 0. The number of rotatable bonds is 13. The molecule has 0 radical (unpaired) electrons. The SMILES string of the molecule is C=C(C)CCC.CC/C=C/C(=C\CC)CN=C/C(=C\N)C(=O)NC1CC(c2cc(O)ccc2C#N)C1.CCC1(CC)CC1. The maximum Gasteiger partial charge on any atom is 0.254 e. The van der Waals surface area contributed by atoms with Crippen molar-refractivity contribution >= 4 is 12.1 Å². The minimum atomic E-state index is -0.258. The third-order valence-electron chi connectivity index (χ3n) is 8.18. The molecule has 1 aromatic rings. The van der Waals surface area contributed by atoms with E-state index in [4.69, 9.17) is 5.73 Å². The highest BCUT2D eigenvalue weighted by molar-refractivity contribution is 6.12. The summed E-state index contributed by atoms with van der Waals surface area (Å²) in [5, 5.41) is 21.9. The van der Waals surface area contributed by atoms with E-state index >= 15 is 0 Å². The van der Waals surface area contributed by atoms with Crippen LogP contribution < -0.4 is 11.1 Å². The minimum Gasteiger partial charge on any atom is -0.508 e. The van der Waals surface area contributed by atoms with E-state index in [0.29, 0.717) is 30.5 Å². The molecule has 2 aliphatic carbocycles. The maximum atomic E-state index is 12.5. The number of amides is 1. The lowest BCUT2D eigenvalue weighted by molar-refractivity contribution is -0.118. The number of carbonyl (C=O) groups is 1. The number of hydrogen-bond donors (Lipinski definition) is 3. The van der Waals surface area contributed by atoms with Crippen LogP contribution in [-0.2, 0) is 4.79 Å². The molecule has 3 rings (SSSR count). The second-order valence-electron chi connectivity index (χ2n) is 11.7. The van der Waals surface area contributed by atoms with Gasteiger partial charge in [-0.25, -0.2) is 0 Å². The van der Waals surface area contributed by atoms with Crippen molar-refractivity contribution < 1.29 is 9.90 Å². The molecule has 2 fully saturated rings. The Bertz CT molecular complexity index is 1170. The van der Waals surface area contributed by atoms with Crippen LogP contribution in [0.4, 0.5) is 0 Å². The zero-order valence-electron chi connectivity index (χ0n) is 27.6. The molecular formula is C37H56N4O2. The van der Waals surface area contributed by atoms with Crippen LogP contribution in [0.25, 0.3) is 0 Å². The van der Waals surface area contributed by atoms with Gasteiger partial charge < -0.3 is 16.2 Å². The van der Waals surface area contributed by atoms with Gasteiger partial charge in [0.15, 0.2) is 0 Å². The Morgan fingerprint density at radius 2 is 1.86 bits per heavy atom. The second-order valence-corrected chi connectivity index (χ2v) is 11.7. The van der Waals surface area contributed by atoms with Crippen LogP contribution >= 0.6 is 0 Å². The summed E-state index contributed by atoms with van der Waals surface area (Å²) in [4.78, 5) is 16.9. The lowest BCUT2D eigenvalue weighted by Gasteiger charge is -2.36. The lowest BCUT2D eigenvalue weighted by Crippen LogP contribution is -2.44. The zero-order valence-corrected chi connectivity index (χ0v) is 27.6. The van der Waals surface area contributed by atoms with Gasteiger partial charge in [0, 0.05) is 18.5 Å². The third-order valence-corrected chi connectivity index (χ3v) is 8.18. The van der Waals surface area contributed by atoms with Gasteiger partial charge in [-0.05, 0) is 92.5 Å². The second kappa shape index (κ2) is 20.3. The number of nitrogens with zero attached hydrogens (tertiary/aromatic N) is 2. The molecule has 6 heteroatoms. The van der Waals surface area contributed by atoms with Gasteiger partial charge in [0.1, 0.15) is 5.75 Å². The van der Waals surface area contributed by atoms with E-state index in [2.05, 4.69) is 82.7 Å². The Kier molecular flexibility index (Phi) is 17.7. The summed E-state index contributed by atoms with van der Waals surface area (Å²) in [5.74, 6) is 0.0284. The molecule has 0 heterocycles. The van der Waals surface area contributed by atoms with Crippen molar-refractivity contribution in [3.63, 3.8) is 0 Å². The number of phenolic OH excluding ortho intramolecular Hbond substituents is 1. The fourth-order valence-electron chi connectivity index (χ4n) is 4.95. The van der Waals surface area contributed by atoms with E-state index in [1.165, 1.54) is 62.6 Å². The molecule has 6 nitrogen and oxygen atoms in total. The fourth-order valence-corrected chi connectivity index (χ4v) is 4.95. The van der Waals surface area contributed by atoms with E-state index in [1.807, 2.05) is 0 Å². The standard InChI is InChI=1S/C24H30N4O2.C7H14.C6H12/c1-3-5-7-17(6-4-2)15-27-16-20(14-26)24(30)28-21-10-19(11-21)23-12-22(29)9-8-18(23)13-25;1-3-7(4-2)5-6-7;1-4-5-6(2)3/h5-9,12,14,16,19,21,29H,3-4,10-11,15,26H2,1-2H3,(H,28,30);3-6H2,1-2H3;2,4-5H2,1,3H3/b7-5+,17-6+,20-14+,27-16?;;. The number of benzene rings is 1. The molecule has 0 saturated heterocycles. The Morgan fingerprint density at radius 1 is 1.19 bits per heavy atom. The largest absolute Gasteiger partial charge is 0.508 e. The predicted octanol–water partition coefficient (Wildman–Crippen LogP) is 8.79. The van der Waals surface area contributed by atoms with Crippen LogP contribution in [0.2, 0.25) is 0 Å². The van der Waals surface area contributed by atoms with Gasteiger partial charge in [0.05, 0.1) is 23.8 Å². The topological polar surface area (TPSA) is 112 Å². The van der Waals surface area contributed by atoms with Gasteiger partial charge in [-0.3, -0.25) is 9.79 Å². The first-order valence-electron chi connectivity index (χ1n) is 16.1. The first kappa shape index (κ1) is 37.4. The van der Waals surface area contributed by atoms with Crippen LogP contribution in [0.3, 0.4) is 0 Å². The first-order valence-corrected chi connectivity index (χ1v) is 16.1. The average Bonchev–Trinajstić information content (AvgIpc) is 3.77. The molecular weight excluding hydrogens is 532 g/mol. The molecule has 0 bridgehead atoms. The number of aromatic hydroxyl groups is 1. The number of nitrogens with one attached hydrogen (secondary N) is 1. The summed E-state index contributed by atoms with van der Waals surface area (Å²) in [6.45, 7) is 17.2. The summed E-state index contributed by atoms with van der Waals surface area (Å²) < 4.78 is 0. The minimum absolute atomic E-state index is 0.00257. The normalized spacial score (nSPS) is 18.9. The lowest BCUT2D eigenvalue weighted by atomic mass is 9.74. The summed E-state index contributed by atoms with van der Waals surface area (Å²) in [5.41, 5.74) is 10.6. The molecule has 0 spiro atoms. The summed E-state index contributed by atoms with van der Waals surface area (Å²) in [7, 11) is 0. The average molecular weight is 589 g/mol. The zero-order chi connectivity index (χ0) is 32.3. The molecule has 0 aromatic heterocycles. The molecule has 1 aromatic carbocycles. The molecule has 0 aliphatic heterocycles. The highest BCUT2D eigenvalue weighted by Crippen LogP contribution is 2.51. The van der Waals surface area contributed by atoms with Crippen molar-refractivity contribution in [2.45, 2.75) is 118 Å². The fraction of sp³-hybridized carbons (Fsp3) is 0.541. The number of aliphatic imine (C=N–C) groups is 1. The summed E-state index contributed by atoms with van der Waals surface area (Å²) in [6.07, 6.45) is 20.6. The van der Waals surface area contributed by atoms with Gasteiger partial charge in [-0.15, -0.1) is 6.58 Å². The van der Waals surface area contributed by atoms with Crippen LogP contribution in [0.15, 0.2) is 70.9 Å². The number of phenols is 1. The third kappa shape index (κ3) is 14.0. The molecule has 1 amide bonds. The quantitative estimate of drug-likeness (QED) is 0.0925. The number of allylic oxidation sites excluding steroid dienone is 3. The first-order chi connectivity index (χ1) is 20.6. The van der Waals surface area contributed by atoms with Gasteiger partial charge in [-0.1, -0.05) is 77.7 Å². The van der Waals surface area contributed by atoms with Crippen LogP contribution in [-0.4, -0.2) is 29.8 Å². The van der Waals surface area contributed by atoms with Crippen LogP contribution in [0.5, 0.6) is 5.75 Å². The highest BCUT2D eigenvalue weighted by atomic mass is 16.3. The van der Waals surface area contributed by atoms with Crippen molar-refractivity contribution in [2.24, 2.45) is 16.1 Å². The van der Waals surface area contributed by atoms with Gasteiger partial charge in [0.25, 0.3) is 5.91 Å². The molecule has 43 heavy (non-hydrogen) atoms. The number of nitriles is 1. The predicted molar refractivity (Wildman–Crippen MR) is 182 cm³/mol. The summed E-state index contributed by atoms with van der Waals surface area (Å²) in [6, 6.07) is 6.93. The van der Waals surface area contributed by atoms with Crippen molar-refractivity contribution in [1.29, 1.82) is 5.26 Å². The van der Waals surface area contributed by atoms with Crippen molar-refractivity contribution in [3.8, 4) is 11.8 Å². The molecule has 236 valence electrons. The maximum absolute atomic E-state index is 12.5. The number of nitrogens with two attached hydrogens (primary N) is 1. The van der Waals surface area contributed by atoms with E-state index in [-0.39, 0.29) is 23.6 Å². The number of hydrogen-bond acceptors (Lipinski definition) is 5. The molecule has 2 saturated carbocycles. The molecule has 4 N–H and O–H groups in total. The van der Waals surface area contributed by atoms with Gasteiger partial charge >= 0.3 is 0 Å². The Morgan fingerprint density at radius 3 is 2.30 bits per heavy atom. The van der Waals surface area contributed by atoms with Crippen LogP contribution in [0.1, 0.15) is 123 Å². The van der Waals surface area contributed by atoms with Crippen molar-refractivity contribution in [1.82, 2.24) is 5.32 Å². The molecule has 0 atom stereocenters. The van der Waals surface area contributed by atoms with E-state index in [0.717, 1.165) is 29.4 Å². The van der Waals surface area contributed by atoms with E-state index in [9.17, 15) is 15.2 Å². The molecule has 0 unspecified atom stereocenters. The van der Waals surface area contributed by atoms with Gasteiger partial charge in [0.2, 0.25) is 0 Å². The monoisotopic (exact) mass is 588 g/mol. The van der Waals surface area contributed by atoms with E-state index in [1.54, 1.807) is 12.1 Å². The Balaban J connectivity index is 0.000000584. The van der Waals surface area contributed by atoms with Gasteiger partial charge in [-0.2, -0.15) is 5.26 Å². The number of carbonyl (C=O) groups excluding carboxylic acids is 1. The Labute approximate surface area is 261 Å². The Hall–Kier alpha value is -3.59. The van der Waals surface area contributed by atoms with Crippen molar-refractivity contribution in [3.05, 3.63) is 77.1 Å². The smallest absolute Gasteiger partial charge is 0.254 e.